The van der Waals surface area contributed by atoms with Gasteiger partial charge in [-0.2, -0.15) is 0 Å². The average Bonchev–Trinajstić information content (AvgIpc) is 2.53. The summed E-state index contributed by atoms with van der Waals surface area (Å²) < 4.78 is 5.02. The van der Waals surface area contributed by atoms with E-state index in [1.54, 1.807) is 12.1 Å². The molecule has 0 spiro atoms. The molecular formula is C18H22N2O3. The predicted molar refractivity (Wildman–Crippen MR) is 89.7 cm³/mol. The maximum Gasteiger partial charge on any atom is 0.255 e. The van der Waals surface area contributed by atoms with Crippen LogP contribution in [0.2, 0.25) is 0 Å². The molecule has 5 nitrogen and oxygen atoms in total. The van der Waals surface area contributed by atoms with Gasteiger partial charge in [0.1, 0.15) is 11.5 Å². The summed E-state index contributed by atoms with van der Waals surface area (Å²) in [6.07, 6.45) is 0. The number of rotatable bonds is 6. The van der Waals surface area contributed by atoms with Gasteiger partial charge in [-0.15, -0.1) is 0 Å². The van der Waals surface area contributed by atoms with Gasteiger partial charge in [0.05, 0.1) is 12.7 Å². The van der Waals surface area contributed by atoms with Crippen molar-refractivity contribution < 1.29 is 14.6 Å². The van der Waals surface area contributed by atoms with E-state index in [0.29, 0.717) is 12.3 Å². The molecule has 0 saturated heterocycles. The van der Waals surface area contributed by atoms with Gasteiger partial charge in [0, 0.05) is 19.2 Å². The van der Waals surface area contributed by atoms with Gasteiger partial charge in [-0.1, -0.05) is 24.3 Å². The van der Waals surface area contributed by atoms with Crippen LogP contribution >= 0.6 is 0 Å². The van der Waals surface area contributed by atoms with Crippen molar-refractivity contribution in [2.45, 2.75) is 13.1 Å². The number of hydrogen-bond donors (Lipinski definition) is 2. The van der Waals surface area contributed by atoms with E-state index in [1.807, 2.05) is 38.4 Å². The Bertz CT molecular complexity index is 684. The van der Waals surface area contributed by atoms with Gasteiger partial charge >= 0.3 is 0 Å². The van der Waals surface area contributed by atoms with E-state index < -0.39 is 0 Å². The Balaban J connectivity index is 2.08. The molecule has 0 heterocycles. The number of ether oxygens (including phenoxy) is 1. The zero-order valence-electron chi connectivity index (χ0n) is 13.7. The normalized spacial score (nSPS) is 10.6. The number of amides is 1. The van der Waals surface area contributed by atoms with Crippen LogP contribution in [0.25, 0.3) is 0 Å². The molecule has 0 bridgehead atoms. The summed E-state index contributed by atoms with van der Waals surface area (Å²) in [6.45, 7) is 1.22. The summed E-state index contributed by atoms with van der Waals surface area (Å²) in [4.78, 5) is 14.3. The molecule has 0 aliphatic heterocycles. The zero-order chi connectivity index (χ0) is 16.8. The summed E-state index contributed by atoms with van der Waals surface area (Å²) in [6, 6.07) is 12.6. The lowest BCUT2D eigenvalue weighted by molar-refractivity contribution is 0.0948. The molecule has 0 aromatic heterocycles. The lowest BCUT2D eigenvalue weighted by Gasteiger charge is -2.15. The first-order valence-electron chi connectivity index (χ1n) is 7.38. The largest absolute Gasteiger partial charge is 0.507 e. The molecule has 2 aromatic rings. The second-order valence-corrected chi connectivity index (χ2v) is 5.57. The number of phenols is 1. The summed E-state index contributed by atoms with van der Waals surface area (Å²) in [7, 11) is 5.52. The molecule has 0 unspecified atom stereocenters. The topological polar surface area (TPSA) is 61.8 Å². The molecule has 5 heteroatoms. The second kappa shape index (κ2) is 7.65. The first-order valence-corrected chi connectivity index (χ1v) is 7.38. The first kappa shape index (κ1) is 16.8. The number of aromatic hydroxyl groups is 1. The van der Waals surface area contributed by atoms with Gasteiger partial charge < -0.3 is 20.1 Å². The Labute approximate surface area is 136 Å². The first-order chi connectivity index (χ1) is 11.0. The van der Waals surface area contributed by atoms with E-state index in [9.17, 15) is 9.90 Å². The van der Waals surface area contributed by atoms with Crippen LogP contribution in [0.1, 0.15) is 21.5 Å². The molecule has 122 valence electrons. The lowest BCUT2D eigenvalue weighted by Crippen LogP contribution is -2.24. The molecule has 1 amide bonds. The number of carbonyl (C=O) groups is 1. The third-order valence-electron chi connectivity index (χ3n) is 3.49. The van der Waals surface area contributed by atoms with Gasteiger partial charge in [0.2, 0.25) is 0 Å². The molecule has 23 heavy (non-hydrogen) atoms. The fourth-order valence-corrected chi connectivity index (χ4v) is 2.33. The molecule has 0 aliphatic rings. The Morgan fingerprint density at radius 1 is 1.17 bits per heavy atom. The van der Waals surface area contributed by atoms with Crippen molar-refractivity contribution in [1.82, 2.24) is 10.2 Å². The number of phenolic OH excluding ortho intramolecular Hbond substituents is 1. The zero-order valence-corrected chi connectivity index (χ0v) is 13.7. The molecule has 2 aromatic carbocycles. The maximum absolute atomic E-state index is 12.2. The number of nitrogens with one attached hydrogen (secondary N) is 1. The smallest absolute Gasteiger partial charge is 0.255 e. The highest BCUT2D eigenvalue weighted by Crippen LogP contribution is 2.23. The number of methoxy groups -OCH3 is 1. The van der Waals surface area contributed by atoms with E-state index in [1.165, 1.54) is 13.2 Å². The van der Waals surface area contributed by atoms with Crippen molar-refractivity contribution in [3.63, 3.8) is 0 Å². The quantitative estimate of drug-likeness (QED) is 0.859. The highest BCUT2D eigenvalue weighted by Gasteiger charge is 2.12. The van der Waals surface area contributed by atoms with Crippen molar-refractivity contribution in [3.05, 3.63) is 59.2 Å². The van der Waals surface area contributed by atoms with Crippen LogP contribution in [0, 0.1) is 0 Å². The standard InChI is InChI=1S/C18H22N2O3/c1-20(2)12-14-7-5-4-6-13(14)11-19-18(22)16-9-8-15(23-3)10-17(16)21/h4-10,21H,11-12H2,1-3H3,(H,19,22). The SMILES string of the molecule is COc1ccc(C(=O)NCc2ccccc2CN(C)C)c(O)c1. The van der Waals surface area contributed by atoms with E-state index in [4.69, 9.17) is 4.74 Å². The van der Waals surface area contributed by atoms with Crippen molar-refractivity contribution >= 4 is 5.91 Å². The molecule has 0 atom stereocenters. The summed E-state index contributed by atoms with van der Waals surface area (Å²) in [5, 5.41) is 12.8. The van der Waals surface area contributed by atoms with Crippen LogP contribution in [-0.4, -0.2) is 37.1 Å². The van der Waals surface area contributed by atoms with E-state index in [2.05, 4.69) is 10.2 Å². The van der Waals surface area contributed by atoms with Crippen molar-refractivity contribution in [1.29, 1.82) is 0 Å². The van der Waals surface area contributed by atoms with E-state index in [0.717, 1.165) is 17.7 Å². The number of hydrogen-bond acceptors (Lipinski definition) is 4. The van der Waals surface area contributed by atoms with Gasteiger partial charge in [-0.3, -0.25) is 4.79 Å². The van der Waals surface area contributed by atoms with Crippen LogP contribution in [0.15, 0.2) is 42.5 Å². The fourth-order valence-electron chi connectivity index (χ4n) is 2.33. The van der Waals surface area contributed by atoms with Crippen molar-refractivity contribution in [3.8, 4) is 11.5 Å². The van der Waals surface area contributed by atoms with Crippen LogP contribution in [-0.2, 0) is 13.1 Å². The van der Waals surface area contributed by atoms with Crippen LogP contribution < -0.4 is 10.1 Å². The average molecular weight is 314 g/mol. The fraction of sp³-hybridized carbons (Fsp3) is 0.278. The molecule has 2 rings (SSSR count). The van der Waals surface area contributed by atoms with Crippen LogP contribution in [0.4, 0.5) is 0 Å². The number of carbonyl (C=O) groups excluding carboxylic acids is 1. The summed E-state index contributed by atoms with van der Waals surface area (Å²) in [5.74, 6) is 0.101. The minimum atomic E-state index is -0.315. The minimum absolute atomic E-state index is 0.0940. The van der Waals surface area contributed by atoms with Gasteiger partial charge in [0.15, 0.2) is 0 Å². The van der Waals surface area contributed by atoms with Crippen LogP contribution in [0.5, 0.6) is 11.5 Å². The monoisotopic (exact) mass is 314 g/mol. The molecule has 2 N–H and O–H groups in total. The Morgan fingerprint density at radius 2 is 1.87 bits per heavy atom. The molecule has 0 saturated carbocycles. The Hall–Kier alpha value is -2.53. The second-order valence-electron chi connectivity index (χ2n) is 5.57. The lowest BCUT2D eigenvalue weighted by atomic mass is 10.1. The van der Waals surface area contributed by atoms with Gasteiger partial charge in [0.25, 0.3) is 5.91 Å². The van der Waals surface area contributed by atoms with Crippen LogP contribution in [0.3, 0.4) is 0 Å². The molecule has 0 aliphatic carbocycles. The maximum atomic E-state index is 12.2. The molecular weight excluding hydrogens is 292 g/mol. The highest BCUT2D eigenvalue weighted by atomic mass is 16.5. The third kappa shape index (κ3) is 4.47. The van der Waals surface area contributed by atoms with E-state index in [-0.39, 0.29) is 17.2 Å². The Kier molecular flexibility index (Phi) is 5.60. The van der Waals surface area contributed by atoms with Gasteiger partial charge in [-0.25, -0.2) is 0 Å². The summed E-state index contributed by atoms with van der Waals surface area (Å²) in [5.41, 5.74) is 2.45. The summed E-state index contributed by atoms with van der Waals surface area (Å²) >= 11 is 0. The molecule has 0 fully saturated rings. The minimum Gasteiger partial charge on any atom is -0.507 e. The predicted octanol–water partition coefficient (Wildman–Crippen LogP) is 2.39. The number of nitrogens with zero attached hydrogens (tertiary/aromatic N) is 1. The van der Waals surface area contributed by atoms with Crippen molar-refractivity contribution in [2.75, 3.05) is 21.2 Å². The highest BCUT2D eigenvalue weighted by molar-refractivity contribution is 5.96. The van der Waals surface area contributed by atoms with Crippen molar-refractivity contribution in [2.24, 2.45) is 0 Å². The third-order valence-corrected chi connectivity index (χ3v) is 3.49. The molecule has 0 radical (unpaired) electrons. The number of benzene rings is 2. The van der Waals surface area contributed by atoms with Gasteiger partial charge in [-0.05, 0) is 37.4 Å². The Morgan fingerprint density at radius 3 is 2.48 bits per heavy atom. The van der Waals surface area contributed by atoms with E-state index >= 15 is 0 Å².